The number of esters is 1. The molecule has 0 aliphatic rings. The van der Waals surface area contributed by atoms with Crippen LogP contribution in [0.2, 0.25) is 10.0 Å². The van der Waals surface area contributed by atoms with Crippen LogP contribution < -0.4 is 5.73 Å². The number of benzene rings is 3. The van der Waals surface area contributed by atoms with Crippen molar-refractivity contribution in [1.29, 1.82) is 0 Å². The molecule has 4 rings (SSSR count). The first-order valence-electron chi connectivity index (χ1n) is 10.5. The van der Waals surface area contributed by atoms with Crippen molar-refractivity contribution in [2.75, 3.05) is 7.11 Å². The Morgan fingerprint density at radius 3 is 2.26 bits per heavy atom. The van der Waals surface area contributed by atoms with Crippen LogP contribution in [0, 0.1) is 0 Å². The Hall–Kier alpha value is -3.32. The van der Waals surface area contributed by atoms with Crippen molar-refractivity contribution >= 4 is 51.5 Å². The number of carbonyl (C=O) groups is 1. The van der Waals surface area contributed by atoms with Crippen LogP contribution in [0.25, 0.3) is 10.9 Å². The number of methoxy groups -OCH3 is 1. The molecule has 3 aromatic carbocycles. The first-order chi connectivity index (χ1) is 16.1. The lowest BCUT2D eigenvalue weighted by atomic mass is 9.95. The van der Waals surface area contributed by atoms with Crippen LogP contribution in [0.15, 0.2) is 65.7 Å². The molecule has 1 heterocycles. The summed E-state index contributed by atoms with van der Waals surface area (Å²) in [6.07, 6.45) is 0. The topological polar surface area (TPSA) is 101 Å². The number of H-pyrrole nitrogens is 1. The molecule has 0 bridgehead atoms. The van der Waals surface area contributed by atoms with Crippen molar-refractivity contribution in [2.24, 2.45) is 10.7 Å². The lowest BCUT2D eigenvalue weighted by Gasteiger charge is -2.22. The molecule has 34 heavy (non-hydrogen) atoms. The van der Waals surface area contributed by atoms with Gasteiger partial charge >= 0.3 is 5.97 Å². The highest BCUT2D eigenvalue weighted by molar-refractivity contribution is 6.36. The van der Waals surface area contributed by atoms with E-state index in [0.29, 0.717) is 49.0 Å². The molecule has 0 spiro atoms. The number of nitrogens with two attached hydrogens (primary N) is 1. The lowest BCUT2D eigenvalue weighted by Crippen LogP contribution is -2.29. The smallest absolute Gasteiger partial charge is 0.337 e. The van der Waals surface area contributed by atoms with Gasteiger partial charge in [-0.3, -0.25) is 0 Å². The van der Waals surface area contributed by atoms with Gasteiger partial charge in [0.25, 0.3) is 0 Å². The number of aromatic nitrogens is 1. The van der Waals surface area contributed by atoms with Crippen molar-refractivity contribution in [3.8, 4) is 5.88 Å². The second kappa shape index (κ2) is 9.14. The predicted molar refractivity (Wildman–Crippen MR) is 137 cm³/mol. The van der Waals surface area contributed by atoms with Crippen LogP contribution in [0.3, 0.4) is 0 Å². The van der Waals surface area contributed by atoms with Gasteiger partial charge < -0.3 is 20.6 Å². The van der Waals surface area contributed by atoms with Crippen LogP contribution in [0.1, 0.15) is 40.9 Å². The second-order valence-electron chi connectivity index (χ2n) is 8.43. The van der Waals surface area contributed by atoms with E-state index in [1.54, 1.807) is 30.3 Å². The SMILES string of the molecule is COC(=O)c1ccc2c(C(=Nc3cc(Cl)c(C(C)(C)N)c(Cl)c3)c3ccccc3)c(O)[nH]c2c1. The lowest BCUT2D eigenvalue weighted by molar-refractivity contribution is 0.0601. The number of ether oxygens (including phenoxy) is 1. The molecule has 0 aliphatic heterocycles. The molecule has 0 atom stereocenters. The number of aliphatic imine (C=N–C) groups is 1. The number of fused-ring (bicyclic) bond motifs is 1. The number of nitrogens with one attached hydrogen (secondary N) is 1. The number of hydrogen-bond donors (Lipinski definition) is 3. The standard InChI is InChI=1S/C26H23Cl2N3O3/c1-26(2,29)22-18(27)12-16(13-19(22)28)30-23(14-7-5-4-6-8-14)21-17-10-9-15(25(33)34-3)11-20(17)31-24(21)32/h4-13,31-32H,29H2,1-3H3. The fourth-order valence-electron chi connectivity index (χ4n) is 3.90. The summed E-state index contributed by atoms with van der Waals surface area (Å²) in [5.41, 5.74) is 9.30. The second-order valence-corrected chi connectivity index (χ2v) is 9.25. The first-order valence-corrected chi connectivity index (χ1v) is 11.2. The molecule has 1 aromatic heterocycles. The van der Waals surface area contributed by atoms with Gasteiger partial charge in [-0.15, -0.1) is 0 Å². The van der Waals surface area contributed by atoms with Crippen LogP contribution in [0.4, 0.5) is 5.69 Å². The summed E-state index contributed by atoms with van der Waals surface area (Å²) in [6, 6.07) is 17.8. The quantitative estimate of drug-likeness (QED) is 0.222. The Morgan fingerprint density at radius 1 is 1.03 bits per heavy atom. The fraction of sp³-hybridized carbons (Fsp3) is 0.154. The van der Waals surface area contributed by atoms with Gasteiger partial charge in [0.2, 0.25) is 0 Å². The van der Waals surface area contributed by atoms with Crippen LogP contribution in [0.5, 0.6) is 5.88 Å². The molecular formula is C26H23Cl2N3O3. The number of hydrogen-bond acceptors (Lipinski definition) is 5. The minimum absolute atomic E-state index is 0.0866. The van der Waals surface area contributed by atoms with Gasteiger partial charge in [0.1, 0.15) is 0 Å². The molecule has 0 saturated carbocycles. The summed E-state index contributed by atoms with van der Waals surface area (Å²) < 4.78 is 4.80. The third-order valence-corrected chi connectivity index (χ3v) is 5.99. The Kier molecular flexibility index (Phi) is 6.41. The summed E-state index contributed by atoms with van der Waals surface area (Å²) in [6.45, 7) is 3.65. The summed E-state index contributed by atoms with van der Waals surface area (Å²) in [5.74, 6) is -0.557. The van der Waals surface area contributed by atoms with Gasteiger partial charge in [-0.05, 0) is 38.1 Å². The van der Waals surface area contributed by atoms with Crippen molar-refractivity contribution in [3.63, 3.8) is 0 Å². The van der Waals surface area contributed by atoms with E-state index in [2.05, 4.69) is 4.98 Å². The highest BCUT2D eigenvalue weighted by Crippen LogP contribution is 2.38. The van der Waals surface area contributed by atoms with E-state index >= 15 is 0 Å². The molecule has 8 heteroatoms. The Labute approximate surface area is 207 Å². The Bertz CT molecular complexity index is 1400. The summed E-state index contributed by atoms with van der Waals surface area (Å²) in [7, 11) is 1.32. The van der Waals surface area contributed by atoms with Crippen molar-refractivity contribution in [3.05, 3.63) is 93.0 Å². The predicted octanol–water partition coefficient (Wildman–Crippen LogP) is 6.33. The van der Waals surface area contributed by atoms with Gasteiger partial charge in [-0.1, -0.05) is 59.6 Å². The van der Waals surface area contributed by atoms with Gasteiger partial charge in [0.05, 0.1) is 29.6 Å². The fourth-order valence-corrected chi connectivity index (χ4v) is 4.86. The van der Waals surface area contributed by atoms with E-state index in [-0.39, 0.29) is 5.88 Å². The molecule has 0 unspecified atom stereocenters. The molecule has 0 amide bonds. The monoisotopic (exact) mass is 495 g/mol. The summed E-state index contributed by atoms with van der Waals surface area (Å²) in [4.78, 5) is 19.7. The average molecular weight is 496 g/mol. The van der Waals surface area contributed by atoms with Crippen LogP contribution >= 0.6 is 23.2 Å². The zero-order valence-electron chi connectivity index (χ0n) is 18.8. The van der Waals surface area contributed by atoms with E-state index in [1.165, 1.54) is 7.11 Å². The third kappa shape index (κ3) is 4.53. The van der Waals surface area contributed by atoms with E-state index < -0.39 is 11.5 Å². The zero-order chi connectivity index (χ0) is 24.6. The largest absolute Gasteiger partial charge is 0.494 e. The minimum atomic E-state index is -0.731. The van der Waals surface area contributed by atoms with E-state index in [4.69, 9.17) is 38.7 Å². The maximum atomic E-state index is 12.0. The number of aromatic amines is 1. The molecule has 4 aromatic rings. The van der Waals surface area contributed by atoms with Crippen molar-refractivity contribution in [2.45, 2.75) is 19.4 Å². The number of aromatic hydroxyl groups is 1. The molecule has 174 valence electrons. The first kappa shape index (κ1) is 23.8. The number of nitrogens with zero attached hydrogens (tertiary/aromatic N) is 1. The van der Waals surface area contributed by atoms with Gasteiger partial charge in [0.15, 0.2) is 5.88 Å². The molecule has 0 radical (unpaired) electrons. The summed E-state index contributed by atoms with van der Waals surface area (Å²) in [5, 5.41) is 12.4. The normalized spacial score (nSPS) is 12.2. The van der Waals surface area contributed by atoms with Gasteiger partial charge in [-0.25, -0.2) is 9.79 Å². The minimum Gasteiger partial charge on any atom is -0.494 e. The molecule has 6 nitrogen and oxygen atoms in total. The maximum absolute atomic E-state index is 12.0. The highest BCUT2D eigenvalue weighted by Gasteiger charge is 2.23. The van der Waals surface area contributed by atoms with Crippen molar-refractivity contribution in [1.82, 2.24) is 4.98 Å². The number of halogens is 2. The average Bonchev–Trinajstić information content (AvgIpc) is 3.10. The molecule has 0 fully saturated rings. The van der Waals surface area contributed by atoms with Crippen LogP contribution in [-0.4, -0.2) is 28.9 Å². The molecule has 4 N–H and O–H groups in total. The number of rotatable bonds is 5. The molecule has 0 aliphatic carbocycles. The molecular weight excluding hydrogens is 473 g/mol. The Morgan fingerprint density at radius 2 is 1.68 bits per heavy atom. The zero-order valence-corrected chi connectivity index (χ0v) is 20.3. The maximum Gasteiger partial charge on any atom is 0.337 e. The van der Waals surface area contributed by atoms with E-state index in [9.17, 15) is 9.90 Å². The Balaban J connectivity index is 1.95. The highest BCUT2D eigenvalue weighted by atomic mass is 35.5. The van der Waals surface area contributed by atoms with E-state index in [1.807, 2.05) is 44.2 Å². The van der Waals surface area contributed by atoms with E-state index in [0.717, 1.165) is 5.56 Å². The molecule has 0 saturated heterocycles. The number of carbonyl (C=O) groups excluding carboxylic acids is 1. The van der Waals surface area contributed by atoms with Crippen LogP contribution in [-0.2, 0) is 10.3 Å². The summed E-state index contributed by atoms with van der Waals surface area (Å²) >= 11 is 13.1. The van der Waals surface area contributed by atoms with Gasteiger partial charge in [0, 0.05) is 37.6 Å². The van der Waals surface area contributed by atoms with Gasteiger partial charge in [-0.2, -0.15) is 0 Å². The van der Waals surface area contributed by atoms with Crippen molar-refractivity contribution < 1.29 is 14.6 Å². The third-order valence-electron chi connectivity index (χ3n) is 5.40.